The summed E-state index contributed by atoms with van der Waals surface area (Å²) in [5.74, 6) is 1.33. The van der Waals surface area contributed by atoms with E-state index in [-0.39, 0.29) is 0 Å². The number of nitrogen functional groups attached to an aromatic ring is 1. The summed E-state index contributed by atoms with van der Waals surface area (Å²) in [5.41, 5.74) is 6.70. The van der Waals surface area contributed by atoms with Crippen LogP contribution in [0.5, 0.6) is 0 Å². The molecule has 4 nitrogen and oxygen atoms in total. The standard InChI is InChI=1S/C12H18BrN3O/c13-10-7-11(12(14)16-8-10)15-4-1-9-2-5-17-6-3-9/h7-9,15H,1-6H2,(H2,14,16). The second-order valence-corrected chi connectivity index (χ2v) is 5.27. The van der Waals surface area contributed by atoms with Crippen LogP contribution in [0.4, 0.5) is 11.5 Å². The lowest BCUT2D eigenvalue weighted by atomic mass is 9.97. The van der Waals surface area contributed by atoms with Crippen LogP contribution in [0.1, 0.15) is 19.3 Å². The quantitative estimate of drug-likeness (QED) is 0.897. The van der Waals surface area contributed by atoms with Gasteiger partial charge in [-0.2, -0.15) is 0 Å². The Kier molecular flexibility index (Phi) is 4.62. The molecule has 0 atom stereocenters. The zero-order valence-electron chi connectivity index (χ0n) is 9.79. The molecular weight excluding hydrogens is 282 g/mol. The summed E-state index contributed by atoms with van der Waals surface area (Å²) < 4.78 is 6.29. The van der Waals surface area contributed by atoms with Crippen molar-refractivity contribution in [1.29, 1.82) is 0 Å². The Morgan fingerprint density at radius 3 is 3.00 bits per heavy atom. The normalized spacial score (nSPS) is 17.0. The average Bonchev–Trinajstić information content (AvgIpc) is 2.35. The molecule has 17 heavy (non-hydrogen) atoms. The topological polar surface area (TPSA) is 60.2 Å². The number of anilines is 2. The van der Waals surface area contributed by atoms with Crippen LogP contribution in [0.15, 0.2) is 16.7 Å². The average molecular weight is 300 g/mol. The van der Waals surface area contributed by atoms with Gasteiger partial charge < -0.3 is 15.8 Å². The lowest BCUT2D eigenvalue weighted by Crippen LogP contribution is -2.18. The molecule has 0 aliphatic carbocycles. The van der Waals surface area contributed by atoms with Gasteiger partial charge in [-0.1, -0.05) is 0 Å². The minimum atomic E-state index is 0.556. The number of nitrogens with zero attached hydrogens (tertiary/aromatic N) is 1. The van der Waals surface area contributed by atoms with E-state index in [1.807, 2.05) is 6.07 Å². The minimum Gasteiger partial charge on any atom is -0.382 e. The highest BCUT2D eigenvalue weighted by atomic mass is 79.9. The van der Waals surface area contributed by atoms with Crippen LogP contribution < -0.4 is 11.1 Å². The highest BCUT2D eigenvalue weighted by Crippen LogP contribution is 2.22. The molecule has 1 aliphatic rings. The second-order valence-electron chi connectivity index (χ2n) is 4.36. The van der Waals surface area contributed by atoms with E-state index >= 15 is 0 Å². The van der Waals surface area contributed by atoms with Crippen LogP contribution in [-0.4, -0.2) is 24.7 Å². The summed E-state index contributed by atoms with van der Waals surface area (Å²) in [7, 11) is 0. The summed E-state index contributed by atoms with van der Waals surface area (Å²) >= 11 is 3.39. The number of nitrogens with two attached hydrogens (primary N) is 1. The van der Waals surface area contributed by atoms with E-state index < -0.39 is 0 Å². The van der Waals surface area contributed by atoms with Crippen molar-refractivity contribution in [2.75, 3.05) is 30.8 Å². The molecule has 0 saturated carbocycles. The van der Waals surface area contributed by atoms with Gasteiger partial charge in [0.1, 0.15) is 5.82 Å². The van der Waals surface area contributed by atoms with E-state index in [0.29, 0.717) is 5.82 Å². The maximum atomic E-state index is 5.79. The lowest BCUT2D eigenvalue weighted by molar-refractivity contribution is 0.0649. The fraction of sp³-hybridized carbons (Fsp3) is 0.583. The number of ether oxygens (including phenoxy) is 1. The molecule has 0 bridgehead atoms. The fourth-order valence-corrected chi connectivity index (χ4v) is 2.37. The van der Waals surface area contributed by atoms with Crippen molar-refractivity contribution < 1.29 is 4.74 Å². The number of pyridine rings is 1. The second kappa shape index (κ2) is 6.21. The van der Waals surface area contributed by atoms with Crippen LogP contribution >= 0.6 is 15.9 Å². The molecular formula is C12H18BrN3O. The van der Waals surface area contributed by atoms with Gasteiger partial charge in [0.05, 0.1) is 5.69 Å². The Hall–Kier alpha value is -0.810. The first-order valence-electron chi connectivity index (χ1n) is 5.98. The highest BCUT2D eigenvalue weighted by molar-refractivity contribution is 9.10. The van der Waals surface area contributed by atoms with Crippen molar-refractivity contribution in [1.82, 2.24) is 4.98 Å². The third kappa shape index (κ3) is 3.85. The van der Waals surface area contributed by atoms with Crippen LogP contribution in [-0.2, 0) is 4.74 Å². The Balaban J connectivity index is 1.79. The molecule has 0 radical (unpaired) electrons. The Morgan fingerprint density at radius 2 is 2.24 bits per heavy atom. The molecule has 0 unspecified atom stereocenters. The zero-order valence-corrected chi connectivity index (χ0v) is 11.4. The van der Waals surface area contributed by atoms with Crippen molar-refractivity contribution in [2.24, 2.45) is 5.92 Å². The molecule has 1 saturated heterocycles. The highest BCUT2D eigenvalue weighted by Gasteiger charge is 2.13. The lowest BCUT2D eigenvalue weighted by Gasteiger charge is -2.22. The molecule has 3 N–H and O–H groups in total. The molecule has 5 heteroatoms. The van der Waals surface area contributed by atoms with Crippen molar-refractivity contribution in [2.45, 2.75) is 19.3 Å². The first-order chi connectivity index (χ1) is 8.25. The van der Waals surface area contributed by atoms with Gasteiger partial charge in [0.2, 0.25) is 0 Å². The predicted octanol–water partition coefficient (Wildman–Crippen LogP) is 2.65. The molecule has 2 heterocycles. The van der Waals surface area contributed by atoms with Crippen LogP contribution in [0, 0.1) is 5.92 Å². The van der Waals surface area contributed by atoms with Gasteiger partial charge >= 0.3 is 0 Å². The third-order valence-corrected chi connectivity index (χ3v) is 3.53. The summed E-state index contributed by atoms with van der Waals surface area (Å²) in [5, 5.41) is 3.34. The van der Waals surface area contributed by atoms with E-state index in [0.717, 1.165) is 42.3 Å². The zero-order chi connectivity index (χ0) is 12.1. The van der Waals surface area contributed by atoms with Gasteiger partial charge in [-0.15, -0.1) is 0 Å². The van der Waals surface area contributed by atoms with Gasteiger partial charge in [0.15, 0.2) is 0 Å². The molecule has 0 aromatic carbocycles. The minimum absolute atomic E-state index is 0.556. The van der Waals surface area contributed by atoms with Gasteiger partial charge in [0, 0.05) is 30.4 Å². The van der Waals surface area contributed by atoms with E-state index in [1.54, 1.807) is 6.20 Å². The van der Waals surface area contributed by atoms with Crippen LogP contribution in [0.2, 0.25) is 0 Å². The number of hydrogen-bond acceptors (Lipinski definition) is 4. The first-order valence-corrected chi connectivity index (χ1v) is 6.77. The Labute approximate surface area is 110 Å². The van der Waals surface area contributed by atoms with E-state index in [2.05, 4.69) is 26.2 Å². The molecule has 1 aliphatic heterocycles. The Bertz CT molecular complexity index is 367. The summed E-state index contributed by atoms with van der Waals surface area (Å²) in [6.45, 7) is 2.75. The monoisotopic (exact) mass is 299 g/mol. The van der Waals surface area contributed by atoms with Gasteiger partial charge in [0.25, 0.3) is 0 Å². The van der Waals surface area contributed by atoms with Crippen molar-refractivity contribution in [3.8, 4) is 0 Å². The van der Waals surface area contributed by atoms with Gasteiger partial charge in [-0.3, -0.25) is 0 Å². The third-order valence-electron chi connectivity index (χ3n) is 3.09. The van der Waals surface area contributed by atoms with Crippen molar-refractivity contribution in [3.05, 3.63) is 16.7 Å². The van der Waals surface area contributed by atoms with Crippen LogP contribution in [0.25, 0.3) is 0 Å². The first kappa shape index (κ1) is 12.6. The molecule has 0 spiro atoms. The van der Waals surface area contributed by atoms with Crippen LogP contribution in [0.3, 0.4) is 0 Å². The molecule has 1 aromatic rings. The molecule has 94 valence electrons. The van der Waals surface area contributed by atoms with E-state index in [1.165, 1.54) is 12.8 Å². The fourth-order valence-electron chi connectivity index (χ4n) is 2.04. The van der Waals surface area contributed by atoms with Gasteiger partial charge in [-0.25, -0.2) is 4.98 Å². The maximum absolute atomic E-state index is 5.79. The summed E-state index contributed by atoms with van der Waals surface area (Å²) in [6, 6.07) is 1.96. The van der Waals surface area contributed by atoms with Crippen molar-refractivity contribution >= 4 is 27.4 Å². The number of halogens is 1. The maximum Gasteiger partial charge on any atom is 0.146 e. The number of hydrogen-bond donors (Lipinski definition) is 2. The molecule has 1 fully saturated rings. The number of nitrogens with one attached hydrogen (secondary N) is 1. The number of rotatable bonds is 4. The molecule has 1 aromatic heterocycles. The van der Waals surface area contributed by atoms with E-state index in [9.17, 15) is 0 Å². The van der Waals surface area contributed by atoms with Crippen molar-refractivity contribution in [3.63, 3.8) is 0 Å². The van der Waals surface area contributed by atoms with E-state index in [4.69, 9.17) is 10.5 Å². The SMILES string of the molecule is Nc1ncc(Br)cc1NCCC1CCOCC1. The summed E-state index contributed by atoms with van der Waals surface area (Å²) in [6.07, 6.45) is 5.22. The summed E-state index contributed by atoms with van der Waals surface area (Å²) in [4.78, 5) is 4.09. The molecule has 2 rings (SSSR count). The predicted molar refractivity (Wildman–Crippen MR) is 73.0 cm³/mol. The molecule has 0 amide bonds. The smallest absolute Gasteiger partial charge is 0.146 e. The van der Waals surface area contributed by atoms with Gasteiger partial charge in [-0.05, 0) is 47.2 Å². The number of aromatic nitrogens is 1. The largest absolute Gasteiger partial charge is 0.382 e. The Morgan fingerprint density at radius 1 is 1.47 bits per heavy atom.